The molecule has 6 heteroatoms. The van der Waals surface area contributed by atoms with Crippen LogP contribution < -0.4 is 0 Å². The fourth-order valence-electron chi connectivity index (χ4n) is 11.0. The van der Waals surface area contributed by atoms with Crippen molar-refractivity contribution in [2.75, 3.05) is 0 Å². The first-order valence-electron chi connectivity index (χ1n) is 25.5. The summed E-state index contributed by atoms with van der Waals surface area (Å²) in [5, 5.41) is 4.45. The maximum atomic E-state index is 8.16. The van der Waals surface area contributed by atoms with Crippen LogP contribution >= 0.6 is 0 Å². The van der Waals surface area contributed by atoms with Gasteiger partial charge in [0, 0.05) is 49.7 Å². The summed E-state index contributed by atoms with van der Waals surface area (Å²) >= 11 is 0. The Hall–Kier alpha value is -10.5. The minimum atomic E-state index is 0.555. The van der Waals surface area contributed by atoms with E-state index < -0.39 is 0 Å². The summed E-state index contributed by atoms with van der Waals surface area (Å²) in [5.74, 6) is 1.71. The Bertz CT molecular complexity index is 4320. The van der Waals surface area contributed by atoms with Crippen molar-refractivity contribution >= 4 is 49.3 Å². The molecule has 3 aromatic heterocycles. The largest absolute Gasteiger partial charge is 0.309 e. The first-order chi connectivity index (χ1) is 37.6. The van der Waals surface area contributed by atoms with Crippen LogP contribution in [0.3, 0.4) is 0 Å². The van der Waals surface area contributed by atoms with E-state index in [1.807, 2.05) is 24.3 Å². The summed E-state index contributed by atoms with van der Waals surface area (Å²) in [7, 11) is 0. The minimum absolute atomic E-state index is 0.555. The van der Waals surface area contributed by atoms with Gasteiger partial charge in [0.05, 0.1) is 34.3 Å². The number of para-hydroxylation sites is 2. The average Bonchev–Trinajstić information content (AvgIpc) is 4.09. The van der Waals surface area contributed by atoms with Gasteiger partial charge in [0.25, 0.3) is 0 Å². The van der Waals surface area contributed by atoms with Crippen LogP contribution in [-0.2, 0) is 0 Å². The van der Waals surface area contributed by atoms with E-state index in [2.05, 4.69) is 257 Å². The average molecular weight is 969 g/mol. The molecule has 0 aliphatic carbocycles. The molecule has 0 aliphatic heterocycles. The second-order valence-corrected chi connectivity index (χ2v) is 19.1. The molecule has 76 heavy (non-hydrogen) atoms. The molecule has 0 atom stereocenters. The van der Waals surface area contributed by atoms with Crippen molar-refractivity contribution < 1.29 is 0 Å². The minimum Gasteiger partial charge on any atom is -0.309 e. The topological polar surface area (TPSA) is 52.9 Å². The zero-order valence-corrected chi connectivity index (χ0v) is 41.1. The number of aromatic nitrogens is 5. The predicted molar refractivity (Wildman–Crippen MR) is 313 cm³/mol. The molecule has 0 saturated carbocycles. The highest BCUT2D eigenvalue weighted by atomic mass is 15.0. The molecule has 0 saturated heterocycles. The third-order valence-corrected chi connectivity index (χ3v) is 14.6. The summed E-state index contributed by atoms with van der Waals surface area (Å²) in [4.78, 5) is 19.9. The van der Waals surface area contributed by atoms with Crippen molar-refractivity contribution in [2.24, 2.45) is 0 Å². The molecule has 0 amide bonds. The van der Waals surface area contributed by atoms with Crippen molar-refractivity contribution in [2.45, 2.75) is 0 Å². The van der Waals surface area contributed by atoms with Crippen molar-refractivity contribution in [1.82, 2.24) is 24.1 Å². The summed E-state index contributed by atoms with van der Waals surface area (Å²) in [6.07, 6.45) is 0. The van der Waals surface area contributed by atoms with Gasteiger partial charge >= 0.3 is 0 Å². The molecular formula is C70H44N6. The lowest BCUT2D eigenvalue weighted by molar-refractivity contribution is 1.07. The highest BCUT2D eigenvalue weighted by molar-refractivity contribution is 6.14. The Labute approximate surface area is 439 Å². The van der Waals surface area contributed by atoms with Gasteiger partial charge in [0.2, 0.25) is 0 Å². The highest BCUT2D eigenvalue weighted by Gasteiger charge is 2.24. The number of fused-ring (bicyclic) bond motifs is 6. The van der Waals surface area contributed by atoms with E-state index in [9.17, 15) is 0 Å². The molecule has 6 nitrogen and oxygen atoms in total. The Morgan fingerprint density at radius 3 is 1.12 bits per heavy atom. The van der Waals surface area contributed by atoms with E-state index in [-0.39, 0.29) is 0 Å². The van der Waals surface area contributed by atoms with Gasteiger partial charge in [0.1, 0.15) is 0 Å². The van der Waals surface area contributed by atoms with E-state index in [0.29, 0.717) is 23.2 Å². The lowest BCUT2D eigenvalue weighted by Gasteiger charge is -2.21. The summed E-state index contributed by atoms with van der Waals surface area (Å²) in [6.45, 7) is 8.16. The molecule has 0 bridgehead atoms. The van der Waals surface area contributed by atoms with Crippen LogP contribution in [0.25, 0.3) is 139 Å². The van der Waals surface area contributed by atoms with Crippen LogP contribution in [0.2, 0.25) is 0 Å². The monoisotopic (exact) mass is 968 g/mol. The number of hydrogen-bond donors (Lipinski definition) is 0. The molecule has 0 unspecified atom stereocenters. The Morgan fingerprint density at radius 2 is 0.645 bits per heavy atom. The van der Waals surface area contributed by atoms with Crippen molar-refractivity contribution in [3.63, 3.8) is 0 Å². The molecule has 14 rings (SSSR count). The molecule has 0 aliphatic rings. The lowest BCUT2D eigenvalue weighted by atomic mass is 9.92. The van der Waals surface area contributed by atoms with Gasteiger partial charge in [-0.15, -0.1) is 0 Å². The van der Waals surface area contributed by atoms with E-state index in [4.69, 9.17) is 21.5 Å². The SMILES string of the molecule is [C-]#[N+]c1ccc2c(c1)c1cc(-n3c4ccccc4c4ccccc43)ccc1n2-c1c(-c2ccccc2)cc(-c2nc(-c3ccc(-c4ccccc4)cc3)nc(-c3ccc(-c4ccccc4)cc3)n2)cc1-c1ccccc1. The van der Waals surface area contributed by atoms with E-state index in [1.54, 1.807) is 0 Å². The van der Waals surface area contributed by atoms with Crippen molar-refractivity contribution in [3.05, 3.63) is 278 Å². The van der Waals surface area contributed by atoms with Crippen molar-refractivity contribution in [3.8, 4) is 90.0 Å². The predicted octanol–water partition coefficient (Wildman–Crippen LogP) is 18.3. The van der Waals surface area contributed by atoms with Gasteiger partial charge in [-0.3, -0.25) is 0 Å². The maximum absolute atomic E-state index is 8.16. The molecule has 11 aromatic carbocycles. The fourth-order valence-corrected chi connectivity index (χ4v) is 11.0. The number of benzene rings is 11. The van der Waals surface area contributed by atoms with Gasteiger partial charge in [-0.05, 0) is 93.4 Å². The fraction of sp³-hybridized carbons (Fsp3) is 0. The maximum Gasteiger partial charge on any atom is 0.188 e. The Balaban J connectivity index is 1.02. The molecule has 0 radical (unpaired) electrons. The van der Waals surface area contributed by atoms with Gasteiger partial charge in [-0.25, -0.2) is 19.8 Å². The number of rotatable bonds is 9. The molecular weight excluding hydrogens is 925 g/mol. The van der Waals surface area contributed by atoms with Gasteiger partial charge in [-0.1, -0.05) is 212 Å². The van der Waals surface area contributed by atoms with Crippen LogP contribution in [0.15, 0.2) is 267 Å². The Kier molecular flexibility index (Phi) is 10.8. The van der Waals surface area contributed by atoms with Crippen LogP contribution in [0, 0.1) is 6.57 Å². The van der Waals surface area contributed by atoms with Gasteiger partial charge < -0.3 is 9.13 Å². The molecule has 0 fully saturated rings. The second-order valence-electron chi connectivity index (χ2n) is 19.1. The molecule has 14 aromatic rings. The number of hydrogen-bond acceptors (Lipinski definition) is 3. The quantitative estimate of drug-likeness (QED) is 0.135. The summed E-state index contributed by atoms with van der Waals surface area (Å²) in [6, 6.07) is 93.6. The first-order valence-corrected chi connectivity index (χ1v) is 25.5. The van der Waals surface area contributed by atoms with Crippen LogP contribution in [0.4, 0.5) is 5.69 Å². The molecule has 0 spiro atoms. The molecule has 0 N–H and O–H groups in total. The van der Waals surface area contributed by atoms with Crippen LogP contribution in [-0.4, -0.2) is 24.1 Å². The zero-order valence-electron chi connectivity index (χ0n) is 41.1. The normalized spacial score (nSPS) is 11.4. The van der Waals surface area contributed by atoms with E-state index in [0.717, 1.165) is 105 Å². The molecule has 354 valence electrons. The van der Waals surface area contributed by atoms with Crippen LogP contribution in [0.1, 0.15) is 0 Å². The Morgan fingerprint density at radius 1 is 0.276 bits per heavy atom. The molecule has 3 heterocycles. The van der Waals surface area contributed by atoms with E-state index in [1.165, 1.54) is 10.8 Å². The van der Waals surface area contributed by atoms with Gasteiger partial charge in [0.15, 0.2) is 23.2 Å². The summed E-state index contributed by atoms with van der Waals surface area (Å²) < 4.78 is 4.76. The third-order valence-electron chi connectivity index (χ3n) is 14.6. The second kappa shape index (κ2) is 18.5. The van der Waals surface area contributed by atoms with Gasteiger partial charge in [-0.2, -0.15) is 0 Å². The van der Waals surface area contributed by atoms with E-state index >= 15 is 0 Å². The standard InChI is InChI=1S/C70H44N6/c1-71-55-38-40-65-61(44-55)62-45-56(75-63-28-16-14-26-57(63)58-27-15-17-29-64(58)75)39-41-66(62)76(65)67-59(50-22-10-4-11-23-50)42-54(43-60(67)51-24-12-5-13-25-51)70-73-68(52-34-30-48(31-35-52)46-18-6-2-7-19-46)72-69(74-70)53-36-32-49(33-37-53)47-20-8-3-9-21-47/h2-45H. The first kappa shape index (κ1) is 44.2. The lowest BCUT2D eigenvalue weighted by Crippen LogP contribution is -2.04. The van der Waals surface area contributed by atoms with Crippen molar-refractivity contribution in [1.29, 1.82) is 0 Å². The summed E-state index contributed by atoms with van der Waals surface area (Å²) in [5.41, 5.74) is 18.1. The number of nitrogens with zero attached hydrogens (tertiary/aromatic N) is 6. The smallest absolute Gasteiger partial charge is 0.188 e. The highest BCUT2D eigenvalue weighted by Crippen LogP contribution is 2.45. The van der Waals surface area contributed by atoms with Crippen LogP contribution in [0.5, 0.6) is 0 Å². The zero-order chi connectivity index (χ0) is 50.5. The third kappa shape index (κ3) is 7.70.